The summed E-state index contributed by atoms with van der Waals surface area (Å²) in [7, 11) is 0. The number of ether oxygens (including phenoxy) is 3. The molecule has 4 rings (SSSR count). The molecule has 2 aromatic rings. The van der Waals surface area contributed by atoms with E-state index in [-0.39, 0.29) is 13.0 Å². The fraction of sp³-hybridized carbons (Fsp3) is 0.500. The lowest BCUT2D eigenvalue weighted by molar-refractivity contribution is -0.338. The van der Waals surface area contributed by atoms with Gasteiger partial charge in [0.2, 0.25) is 5.79 Å². The summed E-state index contributed by atoms with van der Waals surface area (Å²) in [5.74, 6) is -0.945. The fourth-order valence-corrected chi connectivity index (χ4v) is 4.76. The van der Waals surface area contributed by atoms with Crippen molar-refractivity contribution in [3.8, 4) is 5.75 Å². The summed E-state index contributed by atoms with van der Waals surface area (Å²) in [5, 5.41) is 43.1. The maximum absolute atomic E-state index is 10.8. The second-order valence-electron chi connectivity index (χ2n) is 8.38. The molecule has 2 aromatic carbocycles. The van der Waals surface area contributed by atoms with Crippen LogP contribution in [0.3, 0.4) is 0 Å². The molecule has 4 N–H and O–H groups in total. The zero-order valence-corrected chi connectivity index (χ0v) is 18.8. The lowest BCUT2D eigenvalue weighted by Gasteiger charge is -2.48. The number of halogens is 1. The van der Waals surface area contributed by atoms with Gasteiger partial charge in [-0.2, -0.15) is 0 Å². The van der Waals surface area contributed by atoms with Crippen molar-refractivity contribution < 1.29 is 34.6 Å². The van der Waals surface area contributed by atoms with Crippen LogP contribution in [0, 0.1) is 0 Å². The molecule has 0 aromatic heterocycles. The van der Waals surface area contributed by atoms with E-state index in [4.69, 9.17) is 25.8 Å². The van der Waals surface area contributed by atoms with Gasteiger partial charge < -0.3 is 34.6 Å². The summed E-state index contributed by atoms with van der Waals surface area (Å²) in [4.78, 5) is 0. The van der Waals surface area contributed by atoms with Crippen molar-refractivity contribution >= 4 is 11.6 Å². The van der Waals surface area contributed by atoms with Crippen LogP contribution in [0.1, 0.15) is 37.0 Å². The van der Waals surface area contributed by atoms with E-state index in [1.54, 1.807) is 25.1 Å². The third kappa shape index (κ3) is 3.72. The smallest absolute Gasteiger partial charge is 0.225 e. The van der Waals surface area contributed by atoms with Crippen molar-refractivity contribution in [3.63, 3.8) is 0 Å². The van der Waals surface area contributed by atoms with Gasteiger partial charge in [-0.05, 0) is 55.2 Å². The van der Waals surface area contributed by atoms with Gasteiger partial charge in [-0.15, -0.1) is 0 Å². The van der Waals surface area contributed by atoms with E-state index in [9.17, 15) is 20.4 Å². The van der Waals surface area contributed by atoms with Gasteiger partial charge in [0.15, 0.2) is 0 Å². The van der Waals surface area contributed by atoms with Crippen molar-refractivity contribution in [2.45, 2.75) is 62.5 Å². The molecule has 8 heteroatoms. The highest BCUT2D eigenvalue weighted by atomic mass is 35.5. The van der Waals surface area contributed by atoms with Gasteiger partial charge in [0.25, 0.3) is 0 Å². The number of aliphatic hydroxyl groups excluding tert-OH is 4. The molecule has 7 nitrogen and oxygen atoms in total. The second-order valence-corrected chi connectivity index (χ2v) is 8.78. The molecule has 2 saturated heterocycles. The first kappa shape index (κ1) is 23.4. The summed E-state index contributed by atoms with van der Waals surface area (Å²) < 4.78 is 17.5. The zero-order chi connectivity index (χ0) is 23.1. The first-order valence-corrected chi connectivity index (χ1v) is 11.2. The molecule has 0 amide bonds. The third-order valence-electron chi connectivity index (χ3n) is 6.42. The molecule has 1 unspecified atom stereocenters. The Morgan fingerprint density at radius 2 is 1.81 bits per heavy atom. The first-order chi connectivity index (χ1) is 15.3. The van der Waals surface area contributed by atoms with E-state index >= 15 is 0 Å². The average molecular weight is 465 g/mol. The van der Waals surface area contributed by atoms with E-state index in [0.29, 0.717) is 23.6 Å². The van der Waals surface area contributed by atoms with Crippen molar-refractivity contribution in [2.75, 3.05) is 13.2 Å². The SMILES string of the molecule is CCOc1ccc(Cc2cc([C@]34OC[C@](C(O)CC)(O3)[C@@H](O)[C@H](O)[C@H]4O)ccc2Cl)cc1. The third-order valence-corrected chi connectivity index (χ3v) is 6.79. The van der Waals surface area contributed by atoms with Gasteiger partial charge in [0, 0.05) is 10.6 Å². The predicted octanol–water partition coefficient (Wildman–Crippen LogP) is 2.14. The van der Waals surface area contributed by atoms with Crippen molar-refractivity contribution in [2.24, 2.45) is 0 Å². The Morgan fingerprint density at radius 1 is 1.09 bits per heavy atom. The van der Waals surface area contributed by atoms with Gasteiger partial charge >= 0.3 is 0 Å². The molecule has 2 aliphatic rings. The van der Waals surface area contributed by atoms with Crippen molar-refractivity contribution in [3.05, 3.63) is 64.2 Å². The highest BCUT2D eigenvalue weighted by Crippen LogP contribution is 2.51. The molecule has 174 valence electrons. The summed E-state index contributed by atoms with van der Waals surface area (Å²) in [6, 6.07) is 12.8. The van der Waals surface area contributed by atoms with Gasteiger partial charge in [-0.3, -0.25) is 0 Å². The zero-order valence-electron chi connectivity index (χ0n) is 18.1. The van der Waals surface area contributed by atoms with Crippen LogP contribution >= 0.6 is 11.6 Å². The number of fused-ring (bicyclic) bond motifs is 2. The summed E-state index contributed by atoms with van der Waals surface area (Å²) in [6.07, 6.45) is -4.91. The van der Waals surface area contributed by atoms with Gasteiger partial charge in [-0.1, -0.05) is 36.7 Å². The Balaban J connectivity index is 1.68. The lowest BCUT2D eigenvalue weighted by atomic mass is 9.80. The Labute approximate surface area is 192 Å². The topological polar surface area (TPSA) is 109 Å². The highest BCUT2D eigenvalue weighted by Gasteiger charge is 2.69. The molecule has 2 fully saturated rings. The van der Waals surface area contributed by atoms with E-state index < -0.39 is 35.8 Å². The van der Waals surface area contributed by atoms with Crippen molar-refractivity contribution in [1.29, 1.82) is 0 Å². The van der Waals surface area contributed by atoms with Crippen LogP contribution < -0.4 is 4.74 Å². The predicted molar refractivity (Wildman–Crippen MR) is 118 cm³/mol. The van der Waals surface area contributed by atoms with Crippen LogP contribution in [0.25, 0.3) is 0 Å². The van der Waals surface area contributed by atoms with Crippen molar-refractivity contribution in [1.82, 2.24) is 0 Å². The van der Waals surface area contributed by atoms with E-state index in [1.807, 2.05) is 31.2 Å². The number of hydrogen-bond donors (Lipinski definition) is 4. The monoisotopic (exact) mass is 464 g/mol. The minimum absolute atomic E-state index is 0.172. The van der Waals surface area contributed by atoms with Gasteiger partial charge in [-0.25, -0.2) is 0 Å². The molecule has 0 radical (unpaired) electrons. The quantitative estimate of drug-likeness (QED) is 0.497. The maximum atomic E-state index is 10.8. The second kappa shape index (κ2) is 8.91. The molecule has 0 aliphatic carbocycles. The molecule has 6 atom stereocenters. The van der Waals surface area contributed by atoms with E-state index in [0.717, 1.165) is 16.9 Å². The van der Waals surface area contributed by atoms with Crippen LogP contribution in [0.5, 0.6) is 5.75 Å². The Bertz CT molecular complexity index is 952. The number of rotatable bonds is 7. The maximum Gasteiger partial charge on any atom is 0.225 e. The highest BCUT2D eigenvalue weighted by molar-refractivity contribution is 6.31. The first-order valence-electron chi connectivity index (χ1n) is 10.8. The molecule has 2 heterocycles. The van der Waals surface area contributed by atoms with Crippen LogP contribution in [0.4, 0.5) is 0 Å². The van der Waals surface area contributed by atoms with Gasteiger partial charge in [0.05, 0.1) is 19.3 Å². The van der Waals surface area contributed by atoms with Crippen LogP contribution in [0.15, 0.2) is 42.5 Å². The minimum atomic E-state index is -1.73. The largest absolute Gasteiger partial charge is 0.494 e. The average Bonchev–Trinajstić information content (AvgIpc) is 3.19. The molecule has 2 bridgehead atoms. The normalized spacial score (nSPS) is 32.7. The van der Waals surface area contributed by atoms with E-state index in [2.05, 4.69) is 0 Å². The standard InChI is InChI=1S/C24H29ClO7/c1-3-19(26)23-13-31-24(32-23,22(29)20(27)21(23)28)16-7-10-18(25)15(12-16)11-14-5-8-17(9-6-14)30-4-2/h5-10,12,19-22,26-29H,3-4,11,13H2,1-2H3/t19?,20-,21-,22+,23+,24-/m0/s1. The number of aliphatic hydroxyl groups is 4. The fourth-order valence-electron chi connectivity index (χ4n) is 4.58. The molecule has 0 spiro atoms. The molecule has 2 aliphatic heterocycles. The molecule has 32 heavy (non-hydrogen) atoms. The van der Waals surface area contributed by atoms with Crippen LogP contribution in [-0.4, -0.2) is 63.7 Å². The van der Waals surface area contributed by atoms with Gasteiger partial charge in [0.1, 0.15) is 29.7 Å². The number of benzene rings is 2. The number of hydrogen-bond acceptors (Lipinski definition) is 7. The molecular formula is C24H29ClO7. The Hall–Kier alpha value is -1.71. The lowest BCUT2D eigenvalue weighted by Crippen LogP contribution is -2.68. The summed E-state index contributed by atoms with van der Waals surface area (Å²) >= 11 is 6.46. The molecular weight excluding hydrogens is 436 g/mol. The molecule has 0 saturated carbocycles. The van der Waals surface area contributed by atoms with E-state index in [1.165, 1.54) is 0 Å². The van der Waals surface area contributed by atoms with Crippen LogP contribution in [-0.2, 0) is 21.7 Å². The van der Waals surface area contributed by atoms with Crippen LogP contribution in [0.2, 0.25) is 5.02 Å². The Morgan fingerprint density at radius 3 is 2.47 bits per heavy atom. The Kier molecular flexibility index (Phi) is 6.53. The summed E-state index contributed by atoms with van der Waals surface area (Å²) in [6.45, 7) is 4.08. The summed E-state index contributed by atoms with van der Waals surface area (Å²) in [5.41, 5.74) is 0.693. The minimum Gasteiger partial charge on any atom is -0.494 e.